The highest BCUT2D eigenvalue weighted by atomic mass is 16.4. The number of hydrogen-bond acceptors (Lipinski definition) is 3. The van der Waals surface area contributed by atoms with Crippen molar-refractivity contribution in [1.29, 1.82) is 0 Å². The maximum absolute atomic E-state index is 11.0. The van der Waals surface area contributed by atoms with Gasteiger partial charge in [-0.05, 0) is 25.3 Å². The summed E-state index contributed by atoms with van der Waals surface area (Å²) in [4.78, 5) is 12.9. The Labute approximate surface area is 84.5 Å². The third-order valence-electron chi connectivity index (χ3n) is 2.86. The number of hydrogen-bond donors (Lipinski definition) is 2. The molecule has 2 N–H and O–H groups in total. The van der Waals surface area contributed by atoms with Crippen LogP contribution in [0.3, 0.4) is 0 Å². The number of nitrogens with zero attached hydrogens (tertiary/aromatic N) is 1. The smallest absolute Gasteiger partial charge is 0.320 e. The van der Waals surface area contributed by atoms with E-state index in [9.17, 15) is 4.79 Å². The fraction of sp³-hybridized carbons (Fsp3) is 0.900. The molecule has 1 saturated heterocycles. The fourth-order valence-corrected chi connectivity index (χ4v) is 2.03. The van der Waals surface area contributed by atoms with Crippen LogP contribution in [0.4, 0.5) is 0 Å². The Kier molecular flexibility index (Phi) is 4.35. The molecular formula is C10H19NO3. The lowest BCUT2D eigenvalue weighted by Crippen LogP contribution is -2.39. The maximum Gasteiger partial charge on any atom is 0.320 e. The predicted molar refractivity (Wildman–Crippen MR) is 53.1 cm³/mol. The minimum Gasteiger partial charge on any atom is -0.480 e. The van der Waals surface area contributed by atoms with Crippen molar-refractivity contribution in [2.45, 2.75) is 32.2 Å². The molecule has 1 aliphatic heterocycles. The van der Waals surface area contributed by atoms with Gasteiger partial charge < -0.3 is 10.2 Å². The molecule has 0 radical (unpaired) electrons. The summed E-state index contributed by atoms with van der Waals surface area (Å²) in [5.74, 6) is -0.459. The van der Waals surface area contributed by atoms with E-state index in [0.717, 1.165) is 25.9 Å². The Morgan fingerprint density at radius 2 is 2.36 bits per heavy atom. The van der Waals surface area contributed by atoms with Gasteiger partial charge in [-0.3, -0.25) is 9.69 Å². The van der Waals surface area contributed by atoms with E-state index < -0.39 is 5.97 Å². The van der Waals surface area contributed by atoms with Gasteiger partial charge in [0.05, 0.1) is 0 Å². The van der Waals surface area contributed by atoms with Crippen LogP contribution in [0, 0.1) is 5.92 Å². The lowest BCUT2D eigenvalue weighted by molar-refractivity contribution is -0.143. The molecule has 0 spiro atoms. The first-order chi connectivity index (χ1) is 6.69. The van der Waals surface area contributed by atoms with Crippen molar-refractivity contribution in [2.24, 2.45) is 5.92 Å². The molecule has 4 nitrogen and oxygen atoms in total. The Morgan fingerprint density at radius 3 is 2.79 bits per heavy atom. The second-order valence-electron chi connectivity index (χ2n) is 3.97. The molecule has 0 aromatic heterocycles. The van der Waals surface area contributed by atoms with E-state index >= 15 is 0 Å². The van der Waals surface area contributed by atoms with Crippen LogP contribution in [0.25, 0.3) is 0 Å². The Balaban J connectivity index is 2.48. The number of carbonyl (C=O) groups is 1. The van der Waals surface area contributed by atoms with E-state index in [1.54, 1.807) is 0 Å². The number of aliphatic hydroxyl groups is 1. The number of aliphatic carboxylic acids is 1. The first kappa shape index (κ1) is 11.5. The van der Waals surface area contributed by atoms with Crippen LogP contribution in [0.1, 0.15) is 26.2 Å². The van der Waals surface area contributed by atoms with Crippen LogP contribution in [-0.2, 0) is 4.79 Å². The Morgan fingerprint density at radius 1 is 1.64 bits per heavy atom. The summed E-state index contributed by atoms with van der Waals surface area (Å²) < 4.78 is 0. The first-order valence-electron chi connectivity index (χ1n) is 5.26. The van der Waals surface area contributed by atoms with Crippen molar-refractivity contribution >= 4 is 5.97 Å². The van der Waals surface area contributed by atoms with Gasteiger partial charge in [-0.25, -0.2) is 0 Å². The Bertz CT molecular complexity index is 196. The van der Waals surface area contributed by atoms with E-state index in [1.807, 2.05) is 11.8 Å². The van der Waals surface area contributed by atoms with Crippen LogP contribution in [-0.4, -0.2) is 46.8 Å². The molecule has 1 aliphatic rings. The summed E-state index contributed by atoms with van der Waals surface area (Å²) in [5, 5.41) is 18.0. The molecule has 4 heteroatoms. The van der Waals surface area contributed by atoms with Gasteiger partial charge in [-0.2, -0.15) is 0 Å². The highest BCUT2D eigenvalue weighted by Crippen LogP contribution is 2.20. The minimum absolute atomic E-state index is 0.176. The third kappa shape index (κ3) is 2.69. The highest BCUT2D eigenvalue weighted by molar-refractivity contribution is 5.73. The van der Waals surface area contributed by atoms with Gasteiger partial charge in [0.1, 0.15) is 6.04 Å². The topological polar surface area (TPSA) is 60.8 Å². The lowest BCUT2D eigenvalue weighted by atomic mass is 10.1. The average Bonchev–Trinajstić information content (AvgIpc) is 2.61. The van der Waals surface area contributed by atoms with Crippen molar-refractivity contribution in [2.75, 3.05) is 19.7 Å². The minimum atomic E-state index is -0.731. The van der Waals surface area contributed by atoms with Crippen LogP contribution >= 0.6 is 0 Å². The van der Waals surface area contributed by atoms with E-state index in [2.05, 4.69) is 0 Å². The summed E-state index contributed by atoms with van der Waals surface area (Å²) >= 11 is 0. The van der Waals surface area contributed by atoms with Crippen molar-refractivity contribution in [3.05, 3.63) is 0 Å². The first-order valence-corrected chi connectivity index (χ1v) is 5.26. The standard InChI is InChI=1S/C10H19NO3/c1-2-3-9(10(13)14)11-5-4-8(6-11)7-12/h8-9,12H,2-7H2,1H3,(H,13,14). The van der Waals surface area contributed by atoms with Crippen molar-refractivity contribution < 1.29 is 15.0 Å². The van der Waals surface area contributed by atoms with Gasteiger partial charge in [-0.15, -0.1) is 0 Å². The fourth-order valence-electron chi connectivity index (χ4n) is 2.03. The predicted octanol–water partition coefficient (Wildman–Crippen LogP) is 0.554. The summed E-state index contributed by atoms with van der Waals surface area (Å²) in [6.45, 7) is 3.71. The van der Waals surface area contributed by atoms with Gasteiger partial charge in [0, 0.05) is 13.2 Å². The van der Waals surface area contributed by atoms with Crippen molar-refractivity contribution in [3.63, 3.8) is 0 Å². The largest absolute Gasteiger partial charge is 0.480 e. The zero-order valence-electron chi connectivity index (χ0n) is 8.65. The quantitative estimate of drug-likeness (QED) is 0.682. The van der Waals surface area contributed by atoms with Crippen molar-refractivity contribution in [1.82, 2.24) is 4.90 Å². The van der Waals surface area contributed by atoms with Gasteiger partial charge in [-0.1, -0.05) is 13.3 Å². The molecule has 0 aliphatic carbocycles. The van der Waals surface area contributed by atoms with Gasteiger partial charge >= 0.3 is 5.97 Å². The normalized spacial score (nSPS) is 25.1. The molecule has 2 atom stereocenters. The molecule has 1 heterocycles. The van der Waals surface area contributed by atoms with E-state index in [-0.39, 0.29) is 18.6 Å². The maximum atomic E-state index is 11.0. The van der Waals surface area contributed by atoms with E-state index in [0.29, 0.717) is 6.42 Å². The molecule has 0 bridgehead atoms. The molecule has 2 unspecified atom stereocenters. The molecule has 1 fully saturated rings. The molecule has 0 aromatic carbocycles. The van der Waals surface area contributed by atoms with E-state index in [1.165, 1.54) is 0 Å². The van der Waals surface area contributed by atoms with Gasteiger partial charge in [0.25, 0.3) is 0 Å². The summed E-state index contributed by atoms with van der Waals surface area (Å²) in [7, 11) is 0. The number of likely N-dealkylation sites (tertiary alicyclic amines) is 1. The van der Waals surface area contributed by atoms with Crippen LogP contribution < -0.4 is 0 Å². The molecule has 14 heavy (non-hydrogen) atoms. The van der Waals surface area contributed by atoms with Gasteiger partial charge in [0.15, 0.2) is 0 Å². The van der Waals surface area contributed by atoms with Crippen LogP contribution in [0.5, 0.6) is 0 Å². The molecular weight excluding hydrogens is 182 g/mol. The number of rotatable bonds is 5. The Hall–Kier alpha value is -0.610. The highest BCUT2D eigenvalue weighted by Gasteiger charge is 2.31. The zero-order chi connectivity index (χ0) is 10.6. The average molecular weight is 201 g/mol. The summed E-state index contributed by atoms with van der Waals surface area (Å²) in [5.41, 5.74) is 0. The summed E-state index contributed by atoms with van der Waals surface area (Å²) in [6, 6.07) is -0.350. The lowest BCUT2D eigenvalue weighted by Gasteiger charge is -2.23. The molecule has 0 amide bonds. The monoisotopic (exact) mass is 201 g/mol. The van der Waals surface area contributed by atoms with Gasteiger partial charge in [0.2, 0.25) is 0 Å². The molecule has 0 saturated carbocycles. The molecule has 1 rings (SSSR count). The van der Waals surface area contributed by atoms with E-state index in [4.69, 9.17) is 10.2 Å². The summed E-state index contributed by atoms with van der Waals surface area (Å²) in [6.07, 6.45) is 2.51. The zero-order valence-corrected chi connectivity index (χ0v) is 8.65. The number of aliphatic hydroxyl groups excluding tert-OH is 1. The SMILES string of the molecule is CCCC(C(=O)O)N1CCC(CO)C1. The van der Waals surface area contributed by atoms with Crippen LogP contribution in [0.2, 0.25) is 0 Å². The second kappa shape index (κ2) is 5.32. The second-order valence-corrected chi connectivity index (χ2v) is 3.97. The van der Waals surface area contributed by atoms with Crippen molar-refractivity contribution in [3.8, 4) is 0 Å². The van der Waals surface area contributed by atoms with Crippen LogP contribution in [0.15, 0.2) is 0 Å². The number of carboxylic acids is 1. The third-order valence-corrected chi connectivity index (χ3v) is 2.86. The molecule has 0 aromatic rings. The molecule has 82 valence electrons. The number of carboxylic acid groups (broad SMARTS) is 1.